The van der Waals surface area contributed by atoms with E-state index in [-0.39, 0.29) is 5.91 Å². The molecule has 0 aliphatic heterocycles. The smallest absolute Gasteiger partial charge is 0.221 e. The molecule has 0 radical (unpaired) electrons. The lowest BCUT2D eigenvalue weighted by atomic mass is 10.1. The second-order valence-electron chi connectivity index (χ2n) is 5.85. The SMILES string of the molecule is C=CCCCC(=O)NCN(CC)CCCCCCCCCO. The van der Waals surface area contributed by atoms with Gasteiger partial charge in [0, 0.05) is 13.0 Å². The van der Waals surface area contributed by atoms with E-state index in [4.69, 9.17) is 5.11 Å². The Morgan fingerprint density at radius 1 is 1.09 bits per heavy atom. The normalized spacial score (nSPS) is 10.9. The maximum absolute atomic E-state index is 11.6. The number of hydrogen-bond donors (Lipinski definition) is 2. The largest absolute Gasteiger partial charge is 0.396 e. The van der Waals surface area contributed by atoms with Gasteiger partial charge in [0.2, 0.25) is 5.91 Å². The first kappa shape index (κ1) is 21.1. The topological polar surface area (TPSA) is 52.6 Å². The lowest BCUT2D eigenvalue weighted by molar-refractivity contribution is -0.121. The van der Waals surface area contributed by atoms with Crippen LogP contribution in [0.4, 0.5) is 0 Å². The summed E-state index contributed by atoms with van der Waals surface area (Å²) in [6, 6.07) is 0. The Morgan fingerprint density at radius 3 is 2.32 bits per heavy atom. The number of carbonyl (C=O) groups is 1. The first-order valence-corrected chi connectivity index (χ1v) is 8.95. The predicted molar refractivity (Wildman–Crippen MR) is 93.7 cm³/mol. The van der Waals surface area contributed by atoms with Gasteiger partial charge in [-0.25, -0.2) is 0 Å². The van der Waals surface area contributed by atoms with Crippen LogP contribution >= 0.6 is 0 Å². The number of aliphatic hydroxyl groups is 1. The van der Waals surface area contributed by atoms with Crippen LogP contribution in [-0.4, -0.2) is 42.3 Å². The van der Waals surface area contributed by atoms with E-state index in [1.807, 2.05) is 6.08 Å². The summed E-state index contributed by atoms with van der Waals surface area (Å²) in [6.45, 7) is 8.82. The van der Waals surface area contributed by atoms with Crippen molar-refractivity contribution in [3.8, 4) is 0 Å². The molecule has 0 atom stereocenters. The van der Waals surface area contributed by atoms with Gasteiger partial charge in [0.1, 0.15) is 0 Å². The summed E-state index contributed by atoms with van der Waals surface area (Å²) >= 11 is 0. The van der Waals surface area contributed by atoms with E-state index < -0.39 is 0 Å². The Morgan fingerprint density at radius 2 is 1.73 bits per heavy atom. The molecule has 0 saturated heterocycles. The van der Waals surface area contributed by atoms with Crippen LogP contribution in [0.15, 0.2) is 12.7 Å². The van der Waals surface area contributed by atoms with Crippen molar-refractivity contribution in [2.24, 2.45) is 0 Å². The van der Waals surface area contributed by atoms with Gasteiger partial charge in [0.15, 0.2) is 0 Å². The van der Waals surface area contributed by atoms with E-state index in [1.165, 1.54) is 32.1 Å². The van der Waals surface area contributed by atoms with Crippen LogP contribution < -0.4 is 5.32 Å². The third-order valence-corrected chi connectivity index (χ3v) is 3.89. The van der Waals surface area contributed by atoms with E-state index in [0.717, 1.165) is 38.8 Å². The van der Waals surface area contributed by atoms with Crippen molar-refractivity contribution in [2.45, 2.75) is 71.1 Å². The molecule has 0 aliphatic rings. The van der Waals surface area contributed by atoms with Gasteiger partial charge in [0.05, 0.1) is 6.67 Å². The third kappa shape index (κ3) is 14.1. The van der Waals surface area contributed by atoms with Gasteiger partial charge >= 0.3 is 0 Å². The molecular weight excluding hydrogens is 276 g/mol. The summed E-state index contributed by atoms with van der Waals surface area (Å²) in [5.41, 5.74) is 0. The molecule has 0 heterocycles. The van der Waals surface area contributed by atoms with E-state index in [9.17, 15) is 4.79 Å². The van der Waals surface area contributed by atoms with Gasteiger partial charge in [0.25, 0.3) is 0 Å². The third-order valence-electron chi connectivity index (χ3n) is 3.89. The second-order valence-corrected chi connectivity index (χ2v) is 5.85. The first-order valence-electron chi connectivity index (χ1n) is 8.95. The highest BCUT2D eigenvalue weighted by Crippen LogP contribution is 2.07. The van der Waals surface area contributed by atoms with Crippen LogP contribution in [-0.2, 0) is 4.79 Å². The van der Waals surface area contributed by atoms with Crippen LogP contribution in [0.2, 0.25) is 0 Å². The fourth-order valence-electron chi connectivity index (χ4n) is 2.38. The van der Waals surface area contributed by atoms with Crippen LogP contribution in [0.1, 0.15) is 71.1 Å². The quantitative estimate of drug-likeness (QED) is 0.261. The predicted octanol–water partition coefficient (Wildman–Crippen LogP) is 3.46. The lowest BCUT2D eigenvalue weighted by Crippen LogP contribution is -2.38. The Labute approximate surface area is 137 Å². The van der Waals surface area contributed by atoms with Crippen LogP contribution in [0.3, 0.4) is 0 Å². The van der Waals surface area contributed by atoms with Crippen molar-refractivity contribution < 1.29 is 9.90 Å². The molecule has 0 bridgehead atoms. The fraction of sp³-hybridized carbons (Fsp3) is 0.833. The molecule has 0 spiro atoms. The van der Waals surface area contributed by atoms with Gasteiger partial charge in [-0.15, -0.1) is 6.58 Å². The average molecular weight is 312 g/mol. The molecule has 4 heteroatoms. The zero-order valence-corrected chi connectivity index (χ0v) is 14.5. The summed E-state index contributed by atoms with van der Waals surface area (Å²) in [6.07, 6.45) is 12.6. The number of rotatable bonds is 16. The van der Waals surface area contributed by atoms with Crippen molar-refractivity contribution in [3.63, 3.8) is 0 Å². The maximum atomic E-state index is 11.6. The van der Waals surface area contributed by atoms with E-state index in [2.05, 4.69) is 23.7 Å². The highest BCUT2D eigenvalue weighted by molar-refractivity contribution is 5.75. The number of unbranched alkanes of at least 4 members (excludes halogenated alkanes) is 7. The number of allylic oxidation sites excluding steroid dienone is 1. The lowest BCUT2D eigenvalue weighted by Gasteiger charge is -2.20. The molecule has 0 saturated carbocycles. The Bertz CT molecular complexity index is 270. The van der Waals surface area contributed by atoms with Crippen molar-refractivity contribution in [3.05, 3.63) is 12.7 Å². The standard InChI is InChI=1S/C18H36N2O2/c1-3-5-11-14-18(22)19-17-20(4-2)15-12-9-7-6-8-10-13-16-21/h3,21H,1,4-17H2,2H3,(H,19,22). The van der Waals surface area contributed by atoms with E-state index in [1.54, 1.807) is 0 Å². The number of hydrogen-bond acceptors (Lipinski definition) is 3. The van der Waals surface area contributed by atoms with E-state index >= 15 is 0 Å². The maximum Gasteiger partial charge on any atom is 0.221 e. The molecule has 0 rings (SSSR count). The van der Waals surface area contributed by atoms with Crippen molar-refractivity contribution >= 4 is 5.91 Å². The van der Waals surface area contributed by atoms with Crippen molar-refractivity contribution in [1.29, 1.82) is 0 Å². The highest BCUT2D eigenvalue weighted by atomic mass is 16.2. The molecule has 0 aromatic carbocycles. The summed E-state index contributed by atoms with van der Waals surface area (Å²) in [5, 5.41) is 11.7. The minimum atomic E-state index is 0.143. The molecule has 0 aromatic rings. The number of amides is 1. The fourth-order valence-corrected chi connectivity index (χ4v) is 2.38. The summed E-state index contributed by atoms with van der Waals surface area (Å²) in [4.78, 5) is 13.9. The van der Waals surface area contributed by atoms with Crippen LogP contribution in [0, 0.1) is 0 Å². The molecule has 0 unspecified atom stereocenters. The number of nitrogens with one attached hydrogen (secondary N) is 1. The monoisotopic (exact) mass is 312 g/mol. The summed E-state index contributed by atoms with van der Waals surface area (Å²) in [5.74, 6) is 0.143. The number of carbonyl (C=O) groups excluding carboxylic acids is 1. The van der Waals surface area contributed by atoms with Gasteiger partial charge in [-0.2, -0.15) is 0 Å². The minimum absolute atomic E-state index is 0.143. The van der Waals surface area contributed by atoms with Gasteiger partial charge in [-0.3, -0.25) is 9.69 Å². The van der Waals surface area contributed by atoms with Crippen LogP contribution in [0.5, 0.6) is 0 Å². The van der Waals surface area contributed by atoms with Crippen LogP contribution in [0.25, 0.3) is 0 Å². The molecule has 0 aromatic heterocycles. The zero-order valence-electron chi connectivity index (χ0n) is 14.5. The molecule has 1 amide bonds. The Balaban J connectivity index is 3.50. The van der Waals surface area contributed by atoms with Gasteiger partial charge in [-0.05, 0) is 38.8 Å². The van der Waals surface area contributed by atoms with Gasteiger partial charge < -0.3 is 10.4 Å². The summed E-state index contributed by atoms with van der Waals surface area (Å²) < 4.78 is 0. The molecule has 0 fully saturated rings. The van der Waals surface area contributed by atoms with Crippen molar-refractivity contribution in [2.75, 3.05) is 26.4 Å². The van der Waals surface area contributed by atoms with E-state index in [0.29, 0.717) is 19.7 Å². The van der Waals surface area contributed by atoms with Gasteiger partial charge in [-0.1, -0.05) is 45.1 Å². The Kier molecular flexibility index (Phi) is 15.8. The second kappa shape index (κ2) is 16.5. The summed E-state index contributed by atoms with van der Waals surface area (Å²) in [7, 11) is 0. The first-order chi connectivity index (χ1) is 10.7. The molecular formula is C18H36N2O2. The molecule has 2 N–H and O–H groups in total. The molecule has 22 heavy (non-hydrogen) atoms. The number of nitrogens with zero attached hydrogens (tertiary/aromatic N) is 1. The molecule has 0 aliphatic carbocycles. The molecule has 130 valence electrons. The van der Waals surface area contributed by atoms with Crippen molar-refractivity contribution in [1.82, 2.24) is 10.2 Å². The average Bonchev–Trinajstić information content (AvgIpc) is 2.53. The number of aliphatic hydroxyl groups excluding tert-OH is 1. The highest BCUT2D eigenvalue weighted by Gasteiger charge is 2.05. The minimum Gasteiger partial charge on any atom is -0.396 e. The Hall–Kier alpha value is -0.870. The molecule has 4 nitrogen and oxygen atoms in total. The zero-order chi connectivity index (χ0) is 16.5.